The van der Waals surface area contributed by atoms with Gasteiger partial charge in [-0.3, -0.25) is 15.2 Å². The number of nitro groups is 1. The number of H-pyrrole nitrogens is 1. The number of rotatable bonds is 6. The van der Waals surface area contributed by atoms with Crippen molar-refractivity contribution in [2.45, 2.75) is 26.2 Å². The molecule has 0 bridgehead atoms. The van der Waals surface area contributed by atoms with Gasteiger partial charge in [-0.05, 0) is 37.8 Å². The lowest BCUT2D eigenvalue weighted by Crippen LogP contribution is -2.31. The molecule has 0 unspecified atom stereocenters. The summed E-state index contributed by atoms with van der Waals surface area (Å²) in [5, 5.41) is 21.9. The predicted molar refractivity (Wildman–Crippen MR) is 117 cm³/mol. The van der Waals surface area contributed by atoms with Gasteiger partial charge in [0.25, 0.3) is 0 Å². The maximum atomic E-state index is 12.0. The summed E-state index contributed by atoms with van der Waals surface area (Å²) in [5.74, 6) is 1.35. The molecule has 1 aromatic carbocycles. The van der Waals surface area contributed by atoms with Gasteiger partial charge >= 0.3 is 5.69 Å². The van der Waals surface area contributed by atoms with E-state index in [4.69, 9.17) is 0 Å². The minimum Gasteiger partial charge on any atom is -0.351 e. The largest absolute Gasteiger partial charge is 0.353 e. The van der Waals surface area contributed by atoms with Crippen LogP contribution in [-0.2, 0) is 0 Å². The Morgan fingerprint density at radius 2 is 1.90 bits per heavy atom. The lowest BCUT2D eigenvalue weighted by molar-refractivity contribution is -0.383. The Hall–Kier alpha value is -3.75. The molecular formula is C21H23N7O2. The summed E-state index contributed by atoms with van der Waals surface area (Å²) >= 11 is 0. The molecule has 3 heterocycles. The molecule has 2 aromatic heterocycles. The second-order valence-electron chi connectivity index (χ2n) is 7.21. The van der Waals surface area contributed by atoms with Gasteiger partial charge < -0.3 is 10.2 Å². The van der Waals surface area contributed by atoms with E-state index in [2.05, 4.69) is 25.5 Å². The first-order chi connectivity index (χ1) is 14.6. The van der Waals surface area contributed by atoms with Gasteiger partial charge in [-0.1, -0.05) is 36.4 Å². The predicted octanol–water partition coefficient (Wildman–Crippen LogP) is 4.32. The lowest BCUT2D eigenvalue weighted by Gasteiger charge is -2.27. The van der Waals surface area contributed by atoms with E-state index in [0.717, 1.165) is 43.6 Å². The van der Waals surface area contributed by atoms with Crippen molar-refractivity contribution >= 4 is 35.3 Å². The molecule has 1 saturated heterocycles. The van der Waals surface area contributed by atoms with E-state index in [-0.39, 0.29) is 11.5 Å². The van der Waals surface area contributed by atoms with Gasteiger partial charge in [0.15, 0.2) is 11.6 Å². The highest BCUT2D eigenvalue weighted by Gasteiger charge is 2.29. The zero-order valence-electron chi connectivity index (χ0n) is 16.7. The number of anilines is 3. The van der Waals surface area contributed by atoms with Crippen molar-refractivity contribution in [2.24, 2.45) is 0 Å². The number of nitrogens with one attached hydrogen (secondary N) is 2. The van der Waals surface area contributed by atoms with Crippen LogP contribution in [0.25, 0.3) is 12.2 Å². The molecule has 30 heavy (non-hydrogen) atoms. The molecule has 0 aliphatic carbocycles. The molecule has 0 saturated carbocycles. The fraction of sp³-hybridized carbons (Fsp3) is 0.286. The summed E-state index contributed by atoms with van der Waals surface area (Å²) in [5.41, 5.74) is 1.71. The molecule has 1 aliphatic rings. The van der Waals surface area contributed by atoms with E-state index in [1.807, 2.05) is 48.2 Å². The number of aryl methyl sites for hydroxylation is 1. The smallest absolute Gasteiger partial charge is 0.351 e. The van der Waals surface area contributed by atoms with Crippen LogP contribution in [0.5, 0.6) is 0 Å². The van der Waals surface area contributed by atoms with Gasteiger partial charge in [0.2, 0.25) is 11.6 Å². The molecule has 1 fully saturated rings. The summed E-state index contributed by atoms with van der Waals surface area (Å²) in [6.45, 7) is 3.33. The lowest BCUT2D eigenvalue weighted by atomic mass is 10.1. The summed E-state index contributed by atoms with van der Waals surface area (Å²) in [7, 11) is 0. The number of piperidine rings is 1. The molecule has 9 heteroatoms. The van der Waals surface area contributed by atoms with Crippen molar-refractivity contribution in [2.75, 3.05) is 23.3 Å². The average Bonchev–Trinajstić information content (AvgIpc) is 3.17. The number of nitrogens with zero attached hydrogens (tertiary/aromatic N) is 5. The topological polar surface area (TPSA) is 113 Å². The summed E-state index contributed by atoms with van der Waals surface area (Å²) in [6, 6.07) is 11.6. The number of benzene rings is 1. The number of aromatic amines is 1. The van der Waals surface area contributed by atoms with Crippen LogP contribution < -0.4 is 10.2 Å². The minimum absolute atomic E-state index is 0.130. The quantitative estimate of drug-likeness (QED) is 0.464. The monoisotopic (exact) mass is 405 g/mol. The Labute approximate surface area is 174 Å². The zero-order valence-corrected chi connectivity index (χ0v) is 16.7. The summed E-state index contributed by atoms with van der Waals surface area (Å²) in [6.07, 6.45) is 6.75. The fourth-order valence-corrected chi connectivity index (χ4v) is 3.45. The van der Waals surface area contributed by atoms with Crippen LogP contribution >= 0.6 is 0 Å². The van der Waals surface area contributed by atoms with Crippen LogP contribution in [0.4, 0.5) is 23.1 Å². The molecule has 2 N–H and O–H groups in total. The molecule has 154 valence electrons. The summed E-state index contributed by atoms with van der Waals surface area (Å²) in [4.78, 5) is 22.5. The fourth-order valence-electron chi connectivity index (χ4n) is 3.45. The van der Waals surface area contributed by atoms with Gasteiger partial charge in [0.1, 0.15) is 0 Å². The van der Waals surface area contributed by atoms with Crippen LogP contribution in [0.3, 0.4) is 0 Å². The molecule has 4 rings (SSSR count). The van der Waals surface area contributed by atoms with Crippen molar-refractivity contribution in [1.29, 1.82) is 0 Å². The first-order valence-electron chi connectivity index (χ1n) is 9.94. The minimum atomic E-state index is -0.420. The van der Waals surface area contributed by atoms with Crippen LogP contribution in [0.15, 0.2) is 36.4 Å². The summed E-state index contributed by atoms with van der Waals surface area (Å²) < 4.78 is 0. The van der Waals surface area contributed by atoms with Gasteiger partial charge in [-0.15, -0.1) is 0 Å². The Morgan fingerprint density at radius 1 is 1.13 bits per heavy atom. The number of hydrogen-bond acceptors (Lipinski definition) is 7. The van der Waals surface area contributed by atoms with E-state index in [1.54, 1.807) is 12.1 Å². The van der Waals surface area contributed by atoms with E-state index in [1.165, 1.54) is 0 Å². The molecule has 0 atom stereocenters. The molecule has 3 aromatic rings. The zero-order chi connectivity index (χ0) is 20.9. The highest BCUT2D eigenvalue weighted by molar-refractivity contribution is 5.77. The number of hydrogen-bond donors (Lipinski definition) is 2. The SMILES string of the molecule is Cc1cc(Nc2nc(/C=C/c3ccccc3)nc(N3CCCCC3)c2[N+](=O)[O-])n[nH]1. The van der Waals surface area contributed by atoms with Gasteiger partial charge in [0, 0.05) is 24.8 Å². The third-order valence-corrected chi connectivity index (χ3v) is 4.90. The van der Waals surface area contributed by atoms with Crippen molar-refractivity contribution < 1.29 is 4.92 Å². The standard InChI is InChI=1S/C21H23N7O2/c1-15-14-18(26-25-15)23-20-19(28(29)30)21(27-12-6-3-7-13-27)24-17(22-20)11-10-16-8-4-2-5-9-16/h2,4-5,8-11,14H,3,6-7,12-13H2,1H3,(H2,22,23,24,25,26)/b11-10+. The molecule has 9 nitrogen and oxygen atoms in total. The Balaban J connectivity index is 1.78. The molecule has 0 spiro atoms. The van der Waals surface area contributed by atoms with Crippen molar-refractivity contribution in [3.8, 4) is 0 Å². The highest BCUT2D eigenvalue weighted by Crippen LogP contribution is 2.35. The van der Waals surface area contributed by atoms with Crippen LogP contribution in [-0.4, -0.2) is 38.2 Å². The first kappa shape index (κ1) is 19.6. The molecule has 0 amide bonds. The van der Waals surface area contributed by atoms with Gasteiger partial charge in [-0.2, -0.15) is 5.10 Å². The Kier molecular flexibility index (Phi) is 5.69. The normalized spacial score (nSPS) is 14.2. The van der Waals surface area contributed by atoms with Gasteiger partial charge in [0.05, 0.1) is 4.92 Å². The second kappa shape index (κ2) is 8.73. The maximum absolute atomic E-state index is 12.0. The van der Waals surface area contributed by atoms with E-state index >= 15 is 0 Å². The third kappa shape index (κ3) is 4.45. The number of aromatic nitrogens is 4. The van der Waals surface area contributed by atoms with Crippen LogP contribution in [0, 0.1) is 17.0 Å². The third-order valence-electron chi connectivity index (χ3n) is 4.90. The van der Waals surface area contributed by atoms with Crippen LogP contribution in [0.2, 0.25) is 0 Å². The Morgan fingerprint density at radius 3 is 2.57 bits per heavy atom. The van der Waals surface area contributed by atoms with E-state index < -0.39 is 4.92 Å². The van der Waals surface area contributed by atoms with Crippen molar-refractivity contribution in [3.63, 3.8) is 0 Å². The van der Waals surface area contributed by atoms with Gasteiger partial charge in [-0.25, -0.2) is 9.97 Å². The van der Waals surface area contributed by atoms with E-state index in [9.17, 15) is 10.1 Å². The van der Waals surface area contributed by atoms with Crippen molar-refractivity contribution in [1.82, 2.24) is 20.2 Å². The van der Waals surface area contributed by atoms with E-state index in [0.29, 0.717) is 17.5 Å². The first-order valence-corrected chi connectivity index (χ1v) is 9.94. The van der Waals surface area contributed by atoms with Crippen LogP contribution in [0.1, 0.15) is 36.3 Å². The maximum Gasteiger partial charge on any atom is 0.353 e. The second-order valence-corrected chi connectivity index (χ2v) is 7.21. The highest BCUT2D eigenvalue weighted by atomic mass is 16.6. The molecule has 1 aliphatic heterocycles. The molecule has 0 radical (unpaired) electrons. The van der Waals surface area contributed by atoms with Crippen molar-refractivity contribution in [3.05, 3.63) is 63.6 Å². The average molecular weight is 405 g/mol. The Bertz CT molecular complexity index is 1060. The molecular weight excluding hydrogens is 382 g/mol.